The average Bonchev–Trinajstić information content (AvgIpc) is 2.55. The van der Waals surface area contributed by atoms with Crippen LogP contribution in [0.25, 0.3) is 0 Å². The number of carbonyl (C=O) groups excluding carboxylic acids is 1. The number of nitrogens with one attached hydrogen (secondary N) is 2. The van der Waals surface area contributed by atoms with Crippen LogP contribution in [0.1, 0.15) is 18.0 Å². The van der Waals surface area contributed by atoms with Crippen molar-refractivity contribution in [3.8, 4) is 11.8 Å². The summed E-state index contributed by atoms with van der Waals surface area (Å²) >= 11 is 0. The van der Waals surface area contributed by atoms with Crippen LogP contribution in [-0.4, -0.2) is 29.7 Å². The van der Waals surface area contributed by atoms with Gasteiger partial charge in [-0.2, -0.15) is 4.98 Å². The van der Waals surface area contributed by atoms with Crippen LogP contribution in [0.5, 0.6) is 11.8 Å². The average molecular weight is 300 g/mol. The van der Waals surface area contributed by atoms with E-state index in [0.29, 0.717) is 12.4 Å². The maximum absolute atomic E-state index is 12.1. The molecule has 0 spiro atoms. The first-order chi connectivity index (χ1) is 10.8. The predicted molar refractivity (Wildman–Crippen MR) is 80.0 cm³/mol. The summed E-state index contributed by atoms with van der Waals surface area (Å²) in [5, 5.41) is 5.60. The largest absolute Gasteiger partial charge is 0.493 e. The van der Waals surface area contributed by atoms with Gasteiger partial charge < -0.3 is 14.8 Å². The third-order valence-corrected chi connectivity index (χ3v) is 3.32. The molecule has 7 heteroatoms. The number of amides is 2. The monoisotopic (exact) mass is 300 g/mol. The smallest absolute Gasteiger partial charge is 0.320 e. The second kappa shape index (κ2) is 6.30. The molecule has 7 nitrogen and oxygen atoms in total. The second-order valence-electron chi connectivity index (χ2n) is 4.75. The Balaban J connectivity index is 1.67. The molecule has 0 bridgehead atoms. The van der Waals surface area contributed by atoms with Crippen LogP contribution in [0.15, 0.2) is 36.5 Å². The molecule has 0 radical (unpaired) electrons. The van der Waals surface area contributed by atoms with E-state index in [-0.39, 0.29) is 18.1 Å². The maximum atomic E-state index is 12.1. The Labute approximate surface area is 127 Å². The van der Waals surface area contributed by atoms with E-state index in [2.05, 4.69) is 20.6 Å². The zero-order chi connectivity index (χ0) is 15.4. The Morgan fingerprint density at radius 1 is 1.36 bits per heavy atom. The standard InChI is InChI=1S/C15H16N4O3/c1-21-15-16-8-6-13(19-15)18-14(20)17-11-7-9-22-12-5-3-2-4-10(11)12/h2-6,8,11H,7,9H2,1H3,(H2,16,17,18,19,20). The minimum atomic E-state index is -0.331. The molecule has 1 aliphatic rings. The van der Waals surface area contributed by atoms with Crippen molar-refractivity contribution in [2.24, 2.45) is 0 Å². The van der Waals surface area contributed by atoms with Gasteiger partial charge >= 0.3 is 12.0 Å². The Kier molecular flexibility index (Phi) is 4.04. The third-order valence-electron chi connectivity index (χ3n) is 3.32. The maximum Gasteiger partial charge on any atom is 0.320 e. The molecule has 0 aliphatic carbocycles. The van der Waals surface area contributed by atoms with E-state index in [1.807, 2.05) is 24.3 Å². The van der Waals surface area contributed by atoms with Crippen molar-refractivity contribution in [2.75, 3.05) is 19.0 Å². The molecule has 1 unspecified atom stereocenters. The van der Waals surface area contributed by atoms with Crippen LogP contribution in [0.3, 0.4) is 0 Å². The van der Waals surface area contributed by atoms with Crippen LogP contribution in [0.2, 0.25) is 0 Å². The van der Waals surface area contributed by atoms with Crippen molar-refractivity contribution >= 4 is 11.8 Å². The summed E-state index contributed by atoms with van der Waals surface area (Å²) in [7, 11) is 1.47. The van der Waals surface area contributed by atoms with Crippen molar-refractivity contribution in [2.45, 2.75) is 12.5 Å². The molecule has 2 aromatic rings. The molecule has 0 saturated heterocycles. The molecule has 114 valence electrons. The van der Waals surface area contributed by atoms with Gasteiger partial charge in [-0.15, -0.1) is 0 Å². The molecular weight excluding hydrogens is 284 g/mol. The van der Waals surface area contributed by atoms with Crippen molar-refractivity contribution in [3.05, 3.63) is 42.1 Å². The predicted octanol–water partition coefficient (Wildman–Crippen LogP) is 2.13. The molecule has 1 aromatic carbocycles. The van der Waals surface area contributed by atoms with Crippen molar-refractivity contribution in [3.63, 3.8) is 0 Å². The molecule has 2 heterocycles. The lowest BCUT2D eigenvalue weighted by molar-refractivity contribution is 0.232. The lowest BCUT2D eigenvalue weighted by Gasteiger charge is -2.26. The van der Waals surface area contributed by atoms with E-state index in [9.17, 15) is 4.79 Å². The highest BCUT2D eigenvalue weighted by atomic mass is 16.5. The number of urea groups is 1. The van der Waals surface area contributed by atoms with Gasteiger partial charge in [-0.3, -0.25) is 5.32 Å². The molecule has 0 fully saturated rings. The quantitative estimate of drug-likeness (QED) is 0.907. The first-order valence-electron chi connectivity index (χ1n) is 6.92. The zero-order valence-corrected chi connectivity index (χ0v) is 12.1. The van der Waals surface area contributed by atoms with Crippen molar-refractivity contribution in [1.29, 1.82) is 0 Å². The highest BCUT2D eigenvalue weighted by Gasteiger charge is 2.22. The molecule has 22 heavy (non-hydrogen) atoms. The molecular formula is C15H16N4O3. The summed E-state index contributed by atoms with van der Waals surface area (Å²) < 4.78 is 10.5. The van der Waals surface area contributed by atoms with Crippen LogP contribution in [0.4, 0.5) is 10.6 Å². The molecule has 1 atom stereocenters. The van der Waals surface area contributed by atoms with E-state index in [0.717, 1.165) is 17.7 Å². The Bertz CT molecular complexity index is 677. The first-order valence-corrected chi connectivity index (χ1v) is 6.92. The minimum absolute atomic E-state index is 0.0892. The number of methoxy groups -OCH3 is 1. The SMILES string of the molecule is COc1nccc(NC(=O)NC2CCOc3ccccc32)n1. The number of fused-ring (bicyclic) bond motifs is 1. The van der Waals surface area contributed by atoms with Crippen LogP contribution in [-0.2, 0) is 0 Å². The number of ether oxygens (including phenoxy) is 2. The molecule has 3 rings (SSSR count). The van der Waals surface area contributed by atoms with E-state index in [1.165, 1.54) is 13.3 Å². The molecule has 2 amide bonds. The number of carbonyl (C=O) groups is 1. The number of para-hydroxylation sites is 1. The van der Waals surface area contributed by atoms with Gasteiger partial charge in [0, 0.05) is 18.2 Å². The normalized spacial score (nSPS) is 16.1. The fourth-order valence-electron chi connectivity index (χ4n) is 2.31. The number of anilines is 1. The van der Waals surface area contributed by atoms with E-state index >= 15 is 0 Å². The number of hydrogen-bond donors (Lipinski definition) is 2. The lowest BCUT2D eigenvalue weighted by Crippen LogP contribution is -2.35. The topological polar surface area (TPSA) is 85.4 Å². The number of rotatable bonds is 3. The van der Waals surface area contributed by atoms with Gasteiger partial charge in [-0.25, -0.2) is 9.78 Å². The van der Waals surface area contributed by atoms with Crippen LogP contribution in [0, 0.1) is 0 Å². The zero-order valence-electron chi connectivity index (χ0n) is 12.1. The Morgan fingerprint density at radius 2 is 2.23 bits per heavy atom. The molecule has 1 aliphatic heterocycles. The fourth-order valence-corrected chi connectivity index (χ4v) is 2.31. The highest BCUT2D eigenvalue weighted by molar-refractivity contribution is 5.88. The van der Waals surface area contributed by atoms with Gasteiger partial charge in [0.2, 0.25) is 0 Å². The third kappa shape index (κ3) is 3.08. The lowest BCUT2D eigenvalue weighted by atomic mass is 10.0. The summed E-state index contributed by atoms with van der Waals surface area (Å²) in [6.45, 7) is 0.573. The van der Waals surface area contributed by atoms with E-state index in [1.54, 1.807) is 6.07 Å². The van der Waals surface area contributed by atoms with Gasteiger partial charge in [0.25, 0.3) is 0 Å². The van der Waals surface area contributed by atoms with Crippen molar-refractivity contribution < 1.29 is 14.3 Å². The number of aromatic nitrogens is 2. The Hall–Kier alpha value is -2.83. The van der Waals surface area contributed by atoms with Gasteiger partial charge in [0.05, 0.1) is 19.8 Å². The van der Waals surface area contributed by atoms with Crippen LogP contribution < -0.4 is 20.1 Å². The second-order valence-corrected chi connectivity index (χ2v) is 4.75. The van der Waals surface area contributed by atoms with Gasteiger partial charge in [-0.1, -0.05) is 18.2 Å². The van der Waals surface area contributed by atoms with Gasteiger partial charge in [0.15, 0.2) is 0 Å². The fraction of sp³-hybridized carbons (Fsp3) is 0.267. The number of nitrogens with zero attached hydrogens (tertiary/aromatic N) is 2. The Morgan fingerprint density at radius 3 is 3.09 bits per heavy atom. The van der Waals surface area contributed by atoms with Gasteiger partial charge in [0.1, 0.15) is 11.6 Å². The number of hydrogen-bond acceptors (Lipinski definition) is 5. The molecule has 2 N–H and O–H groups in total. The minimum Gasteiger partial charge on any atom is -0.493 e. The summed E-state index contributed by atoms with van der Waals surface area (Å²) in [6.07, 6.45) is 2.24. The summed E-state index contributed by atoms with van der Waals surface area (Å²) in [5.74, 6) is 1.19. The summed E-state index contributed by atoms with van der Waals surface area (Å²) in [5.41, 5.74) is 0.976. The molecule has 1 aromatic heterocycles. The summed E-state index contributed by atoms with van der Waals surface area (Å²) in [4.78, 5) is 20.1. The van der Waals surface area contributed by atoms with E-state index < -0.39 is 0 Å². The summed E-state index contributed by atoms with van der Waals surface area (Å²) in [6, 6.07) is 9.07. The first kappa shape index (κ1) is 14.1. The van der Waals surface area contributed by atoms with Crippen molar-refractivity contribution in [1.82, 2.24) is 15.3 Å². The van der Waals surface area contributed by atoms with Crippen LogP contribution >= 0.6 is 0 Å². The number of benzene rings is 1. The van der Waals surface area contributed by atoms with E-state index in [4.69, 9.17) is 9.47 Å². The highest BCUT2D eigenvalue weighted by Crippen LogP contribution is 2.31. The molecule has 0 saturated carbocycles. The van der Waals surface area contributed by atoms with Gasteiger partial charge in [-0.05, 0) is 12.1 Å².